The van der Waals surface area contributed by atoms with E-state index in [0.717, 1.165) is 25.9 Å². The van der Waals surface area contributed by atoms with Crippen molar-refractivity contribution >= 4 is 18.1 Å². The number of nitrogens with zero attached hydrogens (tertiary/aromatic N) is 1. The number of carbonyl (C=O) groups excluding carboxylic acids is 2. The summed E-state index contributed by atoms with van der Waals surface area (Å²) >= 11 is 0. The van der Waals surface area contributed by atoms with Gasteiger partial charge in [0.2, 0.25) is 5.91 Å². The summed E-state index contributed by atoms with van der Waals surface area (Å²) in [5.74, 6) is 0.358. The Labute approximate surface area is 143 Å². The number of piperidine rings is 1. The maximum absolute atomic E-state index is 12.2. The van der Waals surface area contributed by atoms with E-state index in [1.54, 1.807) is 45.0 Å². The second-order valence-electron chi connectivity index (χ2n) is 6.82. The van der Waals surface area contributed by atoms with Crippen LogP contribution < -0.4 is 4.74 Å². The van der Waals surface area contributed by atoms with E-state index in [0.29, 0.717) is 11.3 Å². The summed E-state index contributed by atoms with van der Waals surface area (Å²) in [7, 11) is 0. The first-order chi connectivity index (χ1) is 11.3. The van der Waals surface area contributed by atoms with E-state index in [-0.39, 0.29) is 5.91 Å². The van der Waals surface area contributed by atoms with Gasteiger partial charge in [-0.2, -0.15) is 0 Å². The lowest BCUT2D eigenvalue weighted by atomic mass is 10.1. The van der Waals surface area contributed by atoms with Gasteiger partial charge in [0.25, 0.3) is 0 Å². The fraction of sp³-hybridized carbons (Fsp3) is 0.474. The van der Waals surface area contributed by atoms with Gasteiger partial charge < -0.3 is 14.4 Å². The molecule has 0 aliphatic carbocycles. The molecule has 0 radical (unpaired) electrons. The maximum Gasteiger partial charge on any atom is 0.514 e. The average Bonchev–Trinajstić information content (AvgIpc) is 2.53. The molecular weight excluding hydrogens is 306 g/mol. The Morgan fingerprint density at radius 3 is 2.42 bits per heavy atom. The summed E-state index contributed by atoms with van der Waals surface area (Å²) in [4.78, 5) is 25.9. The standard InChI is InChI=1S/C19H25NO4/c1-19(2,3)24-18(22)23-16-10-6-5-9-15(16)11-12-17(21)20-13-7-4-8-14-20/h5-6,9-12H,4,7-8,13-14H2,1-3H3/b12-11+. The lowest BCUT2D eigenvalue weighted by Crippen LogP contribution is -2.34. The van der Waals surface area contributed by atoms with Gasteiger partial charge in [-0.1, -0.05) is 18.2 Å². The Hall–Kier alpha value is -2.30. The molecule has 0 bridgehead atoms. The molecule has 1 saturated heterocycles. The third kappa shape index (κ3) is 5.72. The second-order valence-corrected chi connectivity index (χ2v) is 6.82. The third-order valence-electron chi connectivity index (χ3n) is 3.58. The molecule has 5 nitrogen and oxygen atoms in total. The number of rotatable bonds is 3. The topological polar surface area (TPSA) is 55.8 Å². The minimum absolute atomic E-state index is 0.0122. The summed E-state index contributed by atoms with van der Waals surface area (Å²) in [6.07, 6.45) is 5.74. The molecule has 0 unspecified atom stereocenters. The van der Waals surface area contributed by atoms with Crippen LogP contribution in [0.1, 0.15) is 45.6 Å². The molecule has 0 atom stereocenters. The minimum Gasteiger partial charge on any atom is -0.428 e. The van der Waals surface area contributed by atoms with Gasteiger partial charge in [-0.25, -0.2) is 4.79 Å². The first-order valence-electron chi connectivity index (χ1n) is 8.32. The summed E-state index contributed by atoms with van der Waals surface area (Å²) in [5, 5.41) is 0. The molecule has 0 saturated carbocycles. The molecule has 5 heteroatoms. The van der Waals surface area contributed by atoms with Crippen LogP contribution in [-0.2, 0) is 9.53 Å². The highest BCUT2D eigenvalue weighted by atomic mass is 16.7. The predicted molar refractivity (Wildman–Crippen MR) is 92.8 cm³/mol. The van der Waals surface area contributed by atoms with Crippen LogP contribution in [0.4, 0.5) is 4.79 Å². The number of benzene rings is 1. The van der Waals surface area contributed by atoms with Crippen LogP contribution in [0.3, 0.4) is 0 Å². The number of hydrogen-bond acceptors (Lipinski definition) is 4. The lowest BCUT2D eigenvalue weighted by molar-refractivity contribution is -0.126. The Bertz CT molecular complexity index is 610. The van der Waals surface area contributed by atoms with Gasteiger partial charge in [0, 0.05) is 24.7 Å². The normalized spacial score (nSPS) is 15.4. The third-order valence-corrected chi connectivity index (χ3v) is 3.58. The molecule has 1 fully saturated rings. The van der Waals surface area contributed by atoms with Crippen molar-refractivity contribution in [3.8, 4) is 5.75 Å². The molecule has 0 aromatic heterocycles. The molecule has 1 amide bonds. The van der Waals surface area contributed by atoms with Crippen molar-refractivity contribution < 1.29 is 19.1 Å². The molecule has 1 heterocycles. The van der Waals surface area contributed by atoms with Gasteiger partial charge >= 0.3 is 6.16 Å². The molecule has 130 valence electrons. The fourth-order valence-electron chi connectivity index (χ4n) is 2.45. The van der Waals surface area contributed by atoms with Crippen LogP contribution in [-0.4, -0.2) is 35.7 Å². The second kappa shape index (κ2) is 7.99. The van der Waals surface area contributed by atoms with Gasteiger partial charge in [0.05, 0.1) is 0 Å². The SMILES string of the molecule is CC(C)(C)OC(=O)Oc1ccccc1/C=C/C(=O)N1CCCCC1. The first-order valence-corrected chi connectivity index (χ1v) is 8.32. The van der Waals surface area contributed by atoms with Crippen molar-refractivity contribution in [1.29, 1.82) is 0 Å². The van der Waals surface area contributed by atoms with E-state index in [9.17, 15) is 9.59 Å². The van der Waals surface area contributed by atoms with Crippen molar-refractivity contribution in [3.63, 3.8) is 0 Å². The van der Waals surface area contributed by atoms with E-state index in [2.05, 4.69) is 0 Å². The lowest BCUT2D eigenvalue weighted by Gasteiger charge is -2.25. The highest BCUT2D eigenvalue weighted by molar-refractivity contribution is 5.92. The van der Waals surface area contributed by atoms with Crippen LogP contribution in [0, 0.1) is 0 Å². The first kappa shape index (κ1) is 18.0. The van der Waals surface area contributed by atoms with Gasteiger partial charge in [-0.15, -0.1) is 0 Å². The number of amides is 1. The van der Waals surface area contributed by atoms with Gasteiger partial charge in [-0.3, -0.25) is 4.79 Å². The van der Waals surface area contributed by atoms with Crippen LogP contribution in [0.2, 0.25) is 0 Å². The summed E-state index contributed by atoms with van der Waals surface area (Å²) in [6, 6.07) is 7.06. The monoisotopic (exact) mass is 331 g/mol. The van der Waals surface area contributed by atoms with Crippen LogP contribution >= 0.6 is 0 Å². The fourth-order valence-corrected chi connectivity index (χ4v) is 2.45. The average molecular weight is 331 g/mol. The zero-order chi connectivity index (χ0) is 17.6. The van der Waals surface area contributed by atoms with E-state index in [1.807, 2.05) is 11.0 Å². The van der Waals surface area contributed by atoms with E-state index < -0.39 is 11.8 Å². The van der Waals surface area contributed by atoms with Gasteiger partial charge in [0.15, 0.2) is 0 Å². The quantitative estimate of drug-likeness (QED) is 0.477. The zero-order valence-corrected chi connectivity index (χ0v) is 14.6. The molecule has 1 aliphatic heterocycles. The van der Waals surface area contributed by atoms with Crippen LogP contribution in [0.15, 0.2) is 30.3 Å². The molecule has 2 rings (SSSR count). The van der Waals surface area contributed by atoms with Gasteiger partial charge in [-0.05, 0) is 52.2 Å². The van der Waals surface area contributed by atoms with Crippen LogP contribution in [0.5, 0.6) is 5.75 Å². The molecular formula is C19H25NO4. The smallest absolute Gasteiger partial charge is 0.428 e. The molecule has 0 spiro atoms. The van der Waals surface area contributed by atoms with E-state index in [4.69, 9.17) is 9.47 Å². The van der Waals surface area contributed by atoms with Crippen molar-refractivity contribution in [2.75, 3.05) is 13.1 Å². The van der Waals surface area contributed by atoms with Crippen molar-refractivity contribution in [2.45, 2.75) is 45.6 Å². The Morgan fingerprint density at radius 1 is 1.08 bits per heavy atom. The molecule has 0 N–H and O–H groups in total. The predicted octanol–water partition coefficient (Wildman–Crippen LogP) is 4.03. The van der Waals surface area contributed by atoms with Crippen molar-refractivity contribution in [2.24, 2.45) is 0 Å². The summed E-state index contributed by atoms with van der Waals surface area (Å²) in [5.41, 5.74) is 0.0419. The van der Waals surface area contributed by atoms with Crippen molar-refractivity contribution in [1.82, 2.24) is 4.90 Å². The van der Waals surface area contributed by atoms with Crippen LogP contribution in [0.25, 0.3) is 6.08 Å². The number of para-hydroxylation sites is 1. The zero-order valence-electron chi connectivity index (χ0n) is 14.6. The summed E-state index contributed by atoms with van der Waals surface area (Å²) < 4.78 is 10.4. The largest absolute Gasteiger partial charge is 0.514 e. The Morgan fingerprint density at radius 2 is 1.75 bits per heavy atom. The van der Waals surface area contributed by atoms with Gasteiger partial charge in [0.1, 0.15) is 11.4 Å². The van der Waals surface area contributed by atoms with E-state index >= 15 is 0 Å². The molecule has 1 aromatic rings. The van der Waals surface area contributed by atoms with Crippen molar-refractivity contribution in [3.05, 3.63) is 35.9 Å². The molecule has 24 heavy (non-hydrogen) atoms. The Kier molecular flexibility index (Phi) is 6.01. The number of likely N-dealkylation sites (tertiary alicyclic amines) is 1. The maximum atomic E-state index is 12.2. The number of ether oxygens (including phenoxy) is 2. The number of carbonyl (C=O) groups is 2. The molecule has 1 aromatic carbocycles. The molecule has 1 aliphatic rings. The number of hydrogen-bond donors (Lipinski definition) is 0. The van der Waals surface area contributed by atoms with E-state index in [1.165, 1.54) is 12.5 Å². The minimum atomic E-state index is -0.759. The summed E-state index contributed by atoms with van der Waals surface area (Å²) in [6.45, 7) is 6.94. The highest BCUT2D eigenvalue weighted by Crippen LogP contribution is 2.21. The Balaban J connectivity index is 2.04. The highest BCUT2D eigenvalue weighted by Gasteiger charge is 2.19.